The highest BCUT2D eigenvalue weighted by Gasteiger charge is 2.24. The smallest absolute Gasteiger partial charge is 0.268 e. The summed E-state index contributed by atoms with van der Waals surface area (Å²) >= 11 is 0. The van der Waals surface area contributed by atoms with Gasteiger partial charge in [0.2, 0.25) is 5.91 Å². The first-order valence-corrected chi connectivity index (χ1v) is 28.3. The Kier molecular flexibility index (Phi) is 46.7. The van der Waals surface area contributed by atoms with Crippen LogP contribution < -0.4 is 10.2 Å². The molecule has 2 N–H and O–H groups in total. The molecule has 388 valence electrons. The number of allylic oxidation sites excluding steroid dienone is 20. The number of nitrogens with one attached hydrogen (secondary N) is 1. The molecule has 9 heteroatoms. The van der Waals surface area contributed by atoms with Gasteiger partial charge in [0, 0.05) is 6.42 Å². The van der Waals surface area contributed by atoms with E-state index in [1.165, 1.54) is 44.9 Å². The van der Waals surface area contributed by atoms with Crippen LogP contribution in [0.4, 0.5) is 0 Å². The van der Waals surface area contributed by atoms with E-state index in [0.29, 0.717) is 23.9 Å². The Hall–Kier alpha value is -3.10. The highest BCUT2D eigenvalue weighted by atomic mass is 31.2. The summed E-state index contributed by atoms with van der Waals surface area (Å²) in [4.78, 5) is 25.3. The minimum absolute atomic E-state index is 0.00240. The van der Waals surface area contributed by atoms with Gasteiger partial charge in [-0.1, -0.05) is 219 Å². The van der Waals surface area contributed by atoms with E-state index in [4.69, 9.17) is 9.05 Å². The molecule has 0 saturated carbocycles. The Balaban J connectivity index is 4.11. The molecule has 1 amide bonds. The number of carbonyl (C=O) groups excluding carboxylic acids is 1. The monoisotopic (exact) mass is 965 g/mol. The van der Waals surface area contributed by atoms with Gasteiger partial charge in [0.15, 0.2) is 0 Å². The van der Waals surface area contributed by atoms with E-state index < -0.39 is 20.0 Å². The molecule has 0 aliphatic rings. The van der Waals surface area contributed by atoms with Crippen molar-refractivity contribution in [3.8, 4) is 0 Å². The molecule has 0 aromatic carbocycles. The van der Waals surface area contributed by atoms with Gasteiger partial charge in [-0.2, -0.15) is 0 Å². The molecule has 0 radical (unpaired) electrons. The predicted molar refractivity (Wildman–Crippen MR) is 292 cm³/mol. The molecule has 3 unspecified atom stereocenters. The summed E-state index contributed by atoms with van der Waals surface area (Å²) in [5.74, 6) is -0.188. The SMILES string of the molecule is CC/C=C\C/C=C\C/C=C\C/C=C\C/C=C\C/C=C\C/C=C\C/C=C\C/C=C\C/C=C\CCCCCCCCC(=O)NC(COP(=O)([O-])OCC[N+](C)(C)C)C(O)CCCCCCCCCCC. The van der Waals surface area contributed by atoms with Crippen molar-refractivity contribution in [1.29, 1.82) is 0 Å². The third kappa shape index (κ3) is 50.8. The van der Waals surface area contributed by atoms with Crippen molar-refractivity contribution in [2.75, 3.05) is 40.9 Å². The summed E-state index contributed by atoms with van der Waals surface area (Å²) in [5.41, 5.74) is 0. The fourth-order valence-corrected chi connectivity index (χ4v) is 7.73. The van der Waals surface area contributed by atoms with Crippen molar-refractivity contribution >= 4 is 13.7 Å². The number of nitrogens with zero attached hydrogens (tertiary/aromatic N) is 1. The van der Waals surface area contributed by atoms with Crippen LogP contribution in [0.25, 0.3) is 0 Å². The second-order valence-corrected chi connectivity index (χ2v) is 20.3. The fraction of sp³-hybridized carbons (Fsp3) is 0.644. The third-order valence-electron chi connectivity index (χ3n) is 11.2. The van der Waals surface area contributed by atoms with Crippen molar-refractivity contribution in [3.63, 3.8) is 0 Å². The average Bonchev–Trinajstić information content (AvgIpc) is 3.30. The van der Waals surface area contributed by atoms with Crippen LogP contribution >= 0.6 is 7.82 Å². The molecule has 0 aromatic rings. The normalized spacial score (nSPS) is 15.0. The number of hydrogen-bond donors (Lipinski definition) is 2. The number of hydrogen-bond acceptors (Lipinski definition) is 6. The number of amides is 1. The zero-order valence-electron chi connectivity index (χ0n) is 44.0. The van der Waals surface area contributed by atoms with E-state index in [9.17, 15) is 19.4 Å². The number of likely N-dealkylation sites (N-methyl/N-ethyl adjacent to an activating group) is 1. The van der Waals surface area contributed by atoms with Crippen LogP contribution in [-0.2, 0) is 18.4 Å². The lowest BCUT2D eigenvalue weighted by atomic mass is 10.0. The topological polar surface area (TPSA) is 108 Å². The molecular formula is C59H101N2O6P. The molecule has 0 bridgehead atoms. The largest absolute Gasteiger partial charge is 0.756 e. The highest BCUT2D eigenvalue weighted by molar-refractivity contribution is 7.45. The summed E-state index contributed by atoms with van der Waals surface area (Å²) in [6.45, 7) is 4.54. The lowest BCUT2D eigenvalue weighted by molar-refractivity contribution is -0.870. The van der Waals surface area contributed by atoms with Crippen LogP contribution in [0.1, 0.15) is 194 Å². The first kappa shape index (κ1) is 64.9. The predicted octanol–water partition coefficient (Wildman–Crippen LogP) is 15.6. The van der Waals surface area contributed by atoms with Crippen LogP contribution in [0.5, 0.6) is 0 Å². The molecule has 0 rings (SSSR count). The second-order valence-electron chi connectivity index (χ2n) is 18.9. The number of aliphatic hydroxyl groups is 1. The maximum atomic E-state index is 12.9. The van der Waals surface area contributed by atoms with Gasteiger partial charge in [0.05, 0.1) is 39.9 Å². The molecule has 0 heterocycles. The maximum absolute atomic E-state index is 12.9. The van der Waals surface area contributed by atoms with E-state index in [-0.39, 0.29) is 19.1 Å². The van der Waals surface area contributed by atoms with Gasteiger partial charge < -0.3 is 28.8 Å². The zero-order valence-corrected chi connectivity index (χ0v) is 44.9. The van der Waals surface area contributed by atoms with Crippen LogP contribution in [0.15, 0.2) is 122 Å². The molecule has 0 saturated heterocycles. The Morgan fingerprint density at radius 2 is 0.897 bits per heavy atom. The first-order valence-electron chi connectivity index (χ1n) is 26.9. The molecule has 8 nitrogen and oxygen atoms in total. The molecule has 0 aliphatic carbocycles. The van der Waals surface area contributed by atoms with E-state index in [2.05, 4.69) is 141 Å². The molecule has 68 heavy (non-hydrogen) atoms. The Morgan fingerprint density at radius 3 is 1.31 bits per heavy atom. The van der Waals surface area contributed by atoms with Gasteiger partial charge in [0.1, 0.15) is 13.2 Å². The fourth-order valence-electron chi connectivity index (χ4n) is 7.01. The van der Waals surface area contributed by atoms with Crippen LogP contribution in [-0.4, -0.2) is 68.5 Å². The minimum Gasteiger partial charge on any atom is -0.756 e. The van der Waals surface area contributed by atoms with E-state index in [1.807, 2.05) is 21.1 Å². The number of rotatable bonds is 47. The van der Waals surface area contributed by atoms with E-state index >= 15 is 0 Å². The number of unbranched alkanes of at least 4 members (excludes halogenated alkanes) is 14. The summed E-state index contributed by atoms with van der Waals surface area (Å²) in [5, 5.41) is 13.9. The quantitative estimate of drug-likeness (QED) is 0.0272. The molecule has 3 atom stereocenters. The van der Waals surface area contributed by atoms with Gasteiger partial charge in [-0.05, 0) is 89.9 Å². The van der Waals surface area contributed by atoms with Crippen molar-refractivity contribution in [2.45, 2.75) is 206 Å². The van der Waals surface area contributed by atoms with Crippen molar-refractivity contribution in [2.24, 2.45) is 0 Å². The molecule has 0 spiro atoms. The van der Waals surface area contributed by atoms with Gasteiger partial charge in [-0.15, -0.1) is 0 Å². The number of aliphatic hydroxyl groups excluding tert-OH is 1. The summed E-state index contributed by atoms with van der Waals surface area (Å²) in [6, 6.07) is -0.815. The van der Waals surface area contributed by atoms with Crippen LogP contribution in [0.2, 0.25) is 0 Å². The minimum atomic E-state index is -4.57. The van der Waals surface area contributed by atoms with Gasteiger partial charge in [-0.3, -0.25) is 9.36 Å². The standard InChI is InChI=1S/C59H101N2O6P/c1-6-8-10-12-14-16-17-18-19-20-21-22-23-24-25-26-27-28-29-30-31-32-33-34-35-36-37-38-39-40-41-42-43-45-47-49-51-53-59(63)60-57(56-67-68(64,65)66-55-54-61(3,4)5)58(62)52-50-48-46-44-15-13-11-9-7-2/h8,10,14,16,18-19,21-22,24-25,27-28,30-31,33-34,36-37,39-40,57-58,62H,6-7,9,11-13,15,17,20,23,26,29,32,35,38,41-56H2,1-5H3,(H-,60,63,64,65)/b10-8-,16-14-,19-18-,22-21-,25-24-,28-27-,31-30-,34-33-,37-36-,40-39-. The lowest BCUT2D eigenvalue weighted by Crippen LogP contribution is -2.46. The number of quaternary nitrogens is 1. The highest BCUT2D eigenvalue weighted by Crippen LogP contribution is 2.38. The van der Waals surface area contributed by atoms with Gasteiger partial charge in [0.25, 0.3) is 7.82 Å². The average molecular weight is 965 g/mol. The number of carbonyl (C=O) groups is 1. The van der Waals surface area contributed by atoms with Crippen LogP contribution in [0.3, 0.4) is 0 Å². The van der Waals surface area contributed by atoms with E-state index in [0.717, 1.165) is 122 Å². The van der Waals surface area contributed by atoms with Gasteiger partial charge >= 0.3 is 0 Å². The summed E-state index contributed by atoms with van der Waals surface area (Å²) in [7, 11) is 1.27. The lowest BCUT2D eigenvalue weighted by Gasteiger charge is -2.30. The number of phosphoric acid groups is 1. The van der Waals surface area contributed by atoms with Crippen molar-refractivity contribution in [1.82, 2.24) is 5.32 Å². The number of phosphoric ester groups is 1. The van der Waals surface area contributed by atoms with Gasteiger partial charge in [-0.25, -0.2) is 0 Å². The molecular weight excluding hydrogens is 864 g/mol. The maximum Gasteiger partial charge on any atom is 0.268 e. The molecule has 0 aliphatic heterocycles. The Morgan fingerprint density at radius 1 is 0.529 bits per heavy atom. The summed E-state index contributed by atoms with van der Waals surface area (Å²) in [6.07, 6.45) is 72.4. The summed E-state index contributed by atoms with van der Waals surface area (Å²) < 4.78 is 23.2. The zero-order chi connectivity index (χ0) is 49.9. The van der Waals surface area contributed by atoms with Crippen LogP contribution in [0, 0.1) is 0 Å². The Bertz CT molecular complexity index is 1510. The molecule has 0 aromatic heterocycles. The Labute approximate surface area is 418 Å². The third-order valence-corrected chi connectivity index (χ3v) is 12.2. The van der Waals surface area contributed by atoms with E-state index in [1.54, 1.807) is 0 Å². The van der Waals surface area contributed by atoms with Crippen molar-refractivity contribution < 1.29 is 32.9 Å². The second kappa shape index (κ2) is 48.9. The van der Waals surface area contributed by atoms with Crippen molar-refractivity contribution in [3.05, 3.63) is 122 Å². The molecule has 0 fully saturated rings. The first-order chi connectivity index (χ1) is 33.0.